The fraction of sp³-hybridized carbons (Fsp3) is 0.667. The number of hydrogen-bond acceptors (Lipinski definition) is 6. The van der Waals surface area contributed by atoms with Crippen molar-refractivity contribution < 1.29 is 14.3 Å². The van der Waals surface area contributed by atoms with E-state index in [2.05, 4.69) is 25.7 Å². The molecule has 0 spiro atoms. The lowest BCUT2D eigenvalue weighted by Gasteiger charge is -2.25. The predicted octanol–water partition coefficient (Wildman–Crippen LogP) is 3.39. The van der Waals surface area contributed by atoms with E-state index in [4.69, 9.17) is 15.2 Å². The summed E-state index contributed by atoms with van der Waals surface area (Å²) in [4.78, 5) is 14.5. The number of rotatable bonds is 7. The highest BCUT2D eigenvalue weighted by molar-refractivity contribution is 7.19. The zero-order chi connectivity index (χ0) is 16.2. The van der Waals surface area contributed by atoms with E-state index in [1.54, 1.807) is 0 Å². The molecule has 0 aromatic carbocycles. The van der Waals surface area contributed by atoms with Gasteiger partial charge in [0.1, 0.15) is 15.6 Å². The number of carbonyl (C=O) groups is 1. The zero-order valence-electron chi connectivity index (χ0n) is 13.7. The largest absolute Gasteiger partial charge is 0.486 e. The van der Waals surface area contributed by atoms with Crippen molar-refractivity contribution in [2.24, 2.45) is 5.92 Å². The number of hydrogen-bond donors (Lipinski definition) is 1. The number of nitrogen functional groups attached to an aromatic ring is 1. The maximum absolute atomic E-state index is 11.9. The maximum atomic E-state index is 11.9. The van der Waals surface area contributed by atoms with Gasteiger partial charge in [-0.25, -0.2) is 4.79 Å². The third kappa shape index (κ3) is 4.27. The molecule has 1 aromatic heterocycles. The van der Waals surface area contributed by atoms with Crippen LogP contribution in [0.2, 0.25) is 0 Å². The molecule has 0 aliphatic carbocycles. The van der Waals surface area contributed by atoms with E-state index in [0.29, 0.717) is 22.2 Å². The molecular formula is C15H26N2O3S. The van der Waals surface area contributed by atoms with Crippen LogP contribution in [0.15, 0.2) is 0 Å². The van der Waals surface area contributed by atoms with Crippen LogP contribution in [0.25, 0.3) is 0 Å². The summed E-state index contributed by atoms with van der Waals surface area (Å²) >= 11 is 1.34. The van der Waals surface area contributed by atoms with Gasteiger partial charge in [0.05, 0.1) is 13.2 Å². The van der Waals surface area contributed by atoms with Crippen molar-refractivity contribution in [3.8, 4) is 5.75 Å². The number of nitrogens with zero attached hydrogens (tertiary/aromatic N) is 1. The molecule has 1 heterocycles. The van der Waals surface area contributed by atoms with Crippen LogP contribution in [-0.4, -0.2) is 32.3 Å². The topological polar surface area (TPSA) is 64.8 Å². The normalized spacial score (nSPS) is 11.0. The quantitative estimate of drug-likeness (QED) is 0.782. The van der Waals surface area contributed by atoms with Gasteiger partial charge in [-0.2, -0.15) is 0 Å². The highest BCUT2D eigenvalue weighted by Gasteiger charge is 2.26. The Morgan fingerprint density at radius 2 is 1.95 bits per heavy atom. The molecule has 0 saturated carbocycles. The lowest BCUT2D eigenvalue weighted by atomic mass is 10.2. The van der Waals surface area contributed by atoms with E-state index in [-0.39, 0.29) is 6.10 Å². The molecule has 0 saturated heterocycles. The van der Waals surface area contributed by atoms with E-state index in [1.807, 2.05) is 13.8 Å². The summed E-state index contributed by atoms with van der Waals surface area (Å²) in [5.74, 6) is 0.678. The summed E-state index contributed by atoms with van der Waals surface area (Å²) in [6.45, 7) is 12.0. The van der Waals surface area contributed by atoms with Gasteiger partial charge in [0.15, 0.2) is 5.75 Å². The van der Waals surface area contributed by atoms with Crippen LogP contribution in [-0.2, 0) is 4.74 Å². The minimum atomic E-state index is -0.419. The third-order valence-corrected chi connectivity index (χ3v) is 4.09. The second-order valence-corrected chi connectivity index (χ2v) is 6.57. The summed E-state index contributed by atoms with van der Waals surface area (Å²) in [7, 11) is 1.36. The second-order valence-electron chi connectivity index (χ2n) is 5.57. The van der Waals surface area contributed by atoms with Crippen LogP contribution in [0.5, 0.6) is 5.75 Å². The Morgan fingerprint density at radius 3 is 2.38 bits per heavy atom. The lowest BCUT2D eigenvalue weighted by Crippen LogP contribution is -2.27. The Hall–Kier alpha value is -1.43. The maximum Gasteiger partial charge on any atom is 0.350 e. The molecule has 120 valence electrons. The molecule has 6 heteroatoms. The van der Waals surface area contributed by atoms with Crippen molar-refractivity contribution in [3.05, 3.63) is 4.88 Å². The summed E-state index contributed by atoms with van der Waals surface area (Å²) in [5.41, 5.74) is 6.48. The molecule has 0 aliphatic heterocycles. The van der Waals surface area contributed by atoms with Crippen LogP contribution in [0.3, 0.4) is 0 Å². The van der Waals surface area contributed by atoms with Crippen molar-refractivity contribution in [1.29, 1.82) is 0 Å². The van der Waals surface area contributed by atoms with Crippen molar-refractivity contribution in [3.63, 3.8) is 0 Å². The Bertz CT molecular complexity index is 484. The Labute approximate surface area is 131 Å². The average molecular weight is 314 g/mol. The number of ether oxygens (including phenoxy) is 2. The molecule has 0 unspecified atom stereocenters. The molecule has 0 aliphatic rings. The first-order chi connectivity index (χ1) is 9.81. The van der Waals surface area contributed by atoms with Gasteiger partial charge in [0, 0.05) is 13.1 Å². The van der Waals surface area contributed by atoms with E-state index < -0.39 is 5.97 Å². The van der Waals surface area contributed by atoms with Crippen LogP contribution in [0.4, 0.5) is 10.7 Å². The first kappa shape index (κ1) is 17.6. The molecule has 5 nitrogen and oxygen atoms in total. The van der Waals surface area contributed by atoms with Gasteiger partial charge in [0.2, 0.25) is 0 Å². The number of thiophene rings is 1. The van der Waals surface area contributed by atoms with Gasteiger partial charge in [-0.15, -0.1) is 11.3 Å². The van der Waals surface area contributed by atoms with Crippen molar-refractivity contribution in [1.82, 2.24) is 0 Å². The van der Waals surface area contributed by atoms with Gasteiger partial charge in [-0.05, 0) is 26.7 Å². The second kappa shape index (κ2) is 7.54. The fourth-order valence-electron chi connectivity index (χ4n) is 2.01. The molecule has 2 N–H and O–H groups in total. The predicted molar refractivity (Wildman–Crippen MR) is 88.6 cm³/mol. The van der Waals surface area contributed by atoms with Crippen molar-refractivity contribution in [2.45, 2.75) is 40.7 Å². The summed E-state index contributed by atoms with van der Waals surface area (Å²) in [6.07, 6.45) is -0.0103. The summed E-state index contributed by atoms with van der Waals surface area (Å²) in [5, 5.41) is 0.901. The highest BCUT2D eigenvalue weighted by atomic mass is 32.1. The van der Waals surface area contributed by atoms with Crippen molar-refractivity contribution in [2.75, 3.05) is 30.8 Å². The molecule has 1 rings (SSSR count). The molecular weight excluding hydrogens is 288 g/mol. The van der Waals surface area contributed by atoms with Crippen LogP contribution in [0, 0.1) is 5.92 Å². The van der Waals surface area contributed by atoms with Gasteiger partial charge in [0.25, 0.3) is 0 Å². The molecule has 21 heavy (non-hydrogen) atoms. The number of methoxy groups -OCH3 is 1. The first-order valence-corrected chi connectivity index (χ1v) is 8.05. The van der Waals surface area contributed by atoms with Crippen LogP contribution < -0.4 is 15.4 Å². The van der Waals surface area contributed by atoms with Gasteiger partial charge in [-0.3, -0.25) is 0 Å². The molecule has 0 bridgehead atoms. The number of esters is 1. The van der Waals surface area contributed by atoms with Gasteiger partial charge < -0.3 is 20.1 Å². The smallest absolute Gasteiger partial charge is 0.350 e. The molecule has 0 radical (unpaired) electrons. The molecule has 0 fully saturated rings. The van der Waals surface area contributed by atoms with Crippen LogP contribution in [0.1, 0.15) is 44.3 Å². The number of carbonyl (C=O) groups excluding carboxylic acids is 1. The van der Waals surface area contributed by atoms with E-state index in [0.717, 1.165) is 18.1 Å². The zero-order valence-corrected chi connectivity index (χ0v) is 14.5. The Balaban J connectivity index is 3.29. The van der Waals surface area contributed by atoms with E-state index in [1.165, 1.54) is 18.4 Å². The third-order valence-electron chi connectivity index (χ3n) is 2.86. The van der Waals surface area contributed by atoms with Gasteiger partial charge >= 0.3 is 5.97 Å². The van der Waals surface area contributed by atoms with E-state index >= 15 is 0 Å². The number of nitrogens with two attached hydrogens (primary N) is 1. The fourth-order valence-corrected chi connectivity index (χ4v) is 3.16. The summed E-state index contributed by atoms with van der Waals surface area (Å²) < 4.78 is 10.7. The highest BCUT2D eigenvalue weighted by Crippen LogP contribution is 2.45. The van der Waals surface area contributed by atoms with Crippen LogP contribution >= 0.6 is 11.3 Å². The average Bonchev–Trinajstić information content (AvgIpc) is 2.72. The Morgan fingerprint density at radius 1 is 1.33 bits per heavy atom. The molecule has 1 aromatic rings. The minimum absolute atomic E-state index is 0.0103. The SMILES string of the molecule is CCN(CC(C)C)c1sc(C(=O)OC)c(N)c1OC(C)C. The summed E-state index contributed by atoms with van der Waals surface area (Å²) in [6, 6.07) is 0. The Kier molecular flexibility index (Phi) is 6.33. The van der Waals surface area contributed by atoms with Crippen molar-refractivity contribution >= 4 is 28.0 Å². The monoisotopic (exact) mass is 314 g/mol. The van der Waals surface area contributed by atoms with E-state index in [9.17, 15) is 4.79 Å². The minimum Gasteiger partial charge on any atom is -0.486 e. The molecule has 0 amide bonds. The number of anilines is 2. The van der Waals surface area contributed by atoms with Gasteiger partial charge in [-0.1, -0.05) is 13.8 Å². The molecule has 0 atom stereocenters. The standard InChI is InChI=1S/C15H26N2O3S/c1-7-17(8-9(2)3)14-12(20-10(4)5)11(16)13(21-14)15(18)19-6/h9-10H,7-8,16H2,1-6H3. The lowest BCUT2D eigenvalue weighted by molar-refractivity contribution is 0.0607. The first-order valence-electron chi connectivity index (χ1n) is 7.23.